The van der Waals surface area contributed by atoms with E-state index in [1.54, 1.807) is 11.8 Å². The van der Waals surface area contributed by atoms with Crippen LogP contribution in [0.15, 0.2) is 0 Å². The molecule has 0 saturated carbocycles. The number of rotatable bonds is 6. The fourth-order valence-electron chi connectivity index (χ4n) is 2.04. The molecule has 0 aromatic carbocycles. The lowest BCUT2D eigenvalue weighted by atomic mass is 9.97. The van der Waals surface area contributed by atoms with Crippen LogP contribution in [0.25, 0.3) is 0 Å². The van der Waals surface area contributed by atoms with Gasteiger partial charge in [-0.25, -0.2) is 0 Å². The van der Waals surface area contributed by atoms with Crippen LogP contribution in [-0.4, -0.2) is 55.0 Å². The van der Waals surface area contributed by atoms with Crippen molar-refractivity contribution in [3.05, 3.63) is 0 Å². The summed E-state index contributed by atoms with van der Waals surface area (Å²) in [6.45, 7) is 4.06. The summed E-state index contributed by atoms with van der Waals surface area (Å²) in [6, 6.07) is 0. The summed E-state index contributed by atoms with van der Waals surface area (Å²) >= 11 is 1.64. The Morgan fingerprint density at radius 2 is 2.05 bits per heavy atom. The summed E-state index contributed by atoms with van der Waals surface area (Å²) in [7, 11) is 1.41. The molecule has 6 heteroatoms. The molecule has 1 heterocycles. The fourth-order valence-corrected chi connectivity index (χ4v) is 3.05. The maximum atomic E-state index is 12.0. The zero-order valence-corrected chi connectivity index (χ0v) is 12.6. The summed E-state index contributed by atoms with van der Waals surface area (Å²) in [6.07, 6.45) is 1.42. The zero-order chi connectivity index (χ0) is 14.3. The van der Waals surface area contributed by atoms with Crippen LogP contribution in [0.5, 0.6) is 0 Å². The molecule has 19 heavy (non-hydrogen) atoms. The molecule has 0 aromatic heterocycles. The van der Waals surface area contributed by atoms with Gasteiger partial charge in [0.2, 0.25) is 5.91 Å². The van der Waals surface area contributed by atoms with Crippen molar-refractivity contribution in [2.75, 3.05) is 38.2 Å². The third-order valence-corrected chi connectivity index (χ3v) is 4.67. The fraction of sp³-hybridized carbons (Fsp3) is 0.846. The third kappa shape index (κ3) is 5.40. The van der Waals surface area contributed by atoms with Crippen LogP contribution in [0.1, 0.15) is 19.8 Å². The molecule has 0 radical (unpaired) electrons. The van der Waals surface area contributed by atoms with Crippen molar-refractivity contribution in [2.24, 2.45) is 17.6 Å². The second kappa shape index (κ2) is 8.43. The van der Waals surface area contributed by atoms with Gasteiger partial charge in [0.05, 0.1) is 18.8 Å². The topological polar surface area (TPSA) is 72.6 Å². The van der Waals surface area contributed by atoms with Gasteiger partial charge >= 0.3 is 5.97 Å². The van der Waals surface area contributed by atoms with E-state index in [1.807, 2.05) is 4.90 Å². The maximum Gasteiger partial charge on any atom is 0.308 e. The summed E-state index contributed by atoms with van der Waals surface area (Å²) in [5, 5.41) is 0. The smallest absolute Gasteiger partial charge is 0.308 e. The van der Waals surface area contributed by atoms with Crippen molar-refractivity contribution in [1.82, 2.24) is 4.90 Å². The highest BCUT2D eigenvalue weighted by molar-refractivity contribution is 7.99. The predicted molar refractivity (Wildman–Crippen MR) is 76.9 cm³/mol. The number of hydrogen-bond acceptors (Lipinski definition) is 5. The van der Waals surface area contributed by atoms with Crippen LogP contribution in [0.4, 0.5) is 0 Å². The number of esters is 1. The van der Waals surface area contributed by atoms with E-state index in [4.69, 9.17) is 10.5 Å². The number of ether oxygens (including phenoxy) is 1. The van der Waals surface area contributed by atoms with Crippen molar-refractivity contribution < 1.29 is 14.3 Å². The van der Waals surface area contributed by atoms with Gasteiger partial charge in [0.1, 0.15) is 0 Å². The van der Waals surface area contributed by atoms with Gasteiger partial charge in [-0.1, -0.05) is 6.92 Å². The second-order valence-electron chi connectivity index (χ2n) is 5.03. The summed E-state index contributed by atoms with van der Waals surface area (Å²) < 4.78 is 4.73. The number of nitrogens with zero attached hydrogens (tertiary/aromatic N) is 1. The van der Waals surface area contributed by atoms with Crippen molar-refractivity contribution >= 4 is 23.6 Å². The summed E-state index contributed by atoms with van der Waals surface area (Å²) in [5.41, 5.74) is 5.54. The molecule has 1 aliphatic rings. The first-order valence-electron chi connectivity index (χ1n) is 6.71. The Hall–Kier alpha value is -0.750. The number of nitrogens with two attached hydrogens (primary N) is 1. The van der Waals surface area contributed by atoms with E-state index in [1.165, 1.54) is 7.11 Å². The van der Waals surface area contributed by atoms with E-state index in [9.17, 15) is 9.59 Å². The summed E-state index contributed by atoms with van der Waals surface area (Å²) in [5.74, 6) is 1.84. The second-order valence-corrected chi connectivity index (χ2v) is 6.06. The van der Waals surface area contributed by atoms with Crippen LogP contribution < -0.4 is 5.73 Å². The molecular formula is C13H24N2O3S. The Bertz CT molecular complexity index is 304. The van der Waals surface area contributed by atoms with Crippen molar-refractivity contribution in [1.29, 1.82) is 0 Å². The van der Waals surface area contributed by atoms with Gasteiger partial charge in [0, 0.05) is 13.1 Å². The monoisotopic (exact) mass is 288 g/mol. The van der Waals surface area contributed by atoms with Crippen molar-refractivity contribution in [2.45, 2.75) is 19.8 Å². The molecule has 110 valence electrons. The number of methoxy groups -OCH3 is 1. The van der Waals surface area contributed by atoms with Gasteiger partial charge in [-0.05, 0) is 31.1 Å². The minimum Gasteiger partial charge on any atom is -0.469 e. The molecule has 1 fully saturated rings. The minimum atomic E-state index is -0.154. The van der Waals surface area contributed by atoms with Crippen LogP contribution in [0.3, 0.4) is 0 Å². The quantitative estimate of drug-likeness (QED) is 0.729. The number of hydrogen-bond donors (Lipinski definition) is 1. The van der Waals surface area contributed by atoms with Crippen molar-refractivity contribution in [3.63, 3.8) is 0 Å². The Labute approximate surface area is 119 Å². The molecular weight excluding hydrogens is 264 g/mol. The predicted octanol–water partition coefficient (Wildman–Crippen LogP) is 0.726. The van der Waals surface area contributed by atoms with Gasteiger partial charge in [-0.2, -0.15) is 11.8 Å². The molecule has 5 nitrogen and oxygen atoms in total. The first-order valence-corrected chi connectivity index (χ1v) is 7.87. The highest BCUT2D eigenvalue weighted by Gasteiger charge is 2.27. The number of amides is 1. The molecule has 0 spiro atoms. The van der Waals surface area contributed by atoms with Crippen LogP contribution in [-0.2, 0) is 14.3 Å². The van der Waals surface area contributed by atoms with Crippen molar-refractivity contribution in [3.8, 4) is 0 Å². The molecule has 1 rings (SSSR count). The molecule has 2 N–H and O–H groups in total. The number of likely N-dealkylation sites (tertiary alicyclic amines) is 1. The van der Waals surface area contributed by atoms with E-state index in [-0.39, 0.29) is 17.8 Å². The molecule has 1 amide bonds. The Morgan fingerprint density at radius 3 is 2.58 bits per heavy atom. The largest absolute Gasteiger partial charge is 0.469 e. The first-order chi connectivity index (χ1) is 9.08. The number of thioether (sulfide) groups is 1. The third-order valence-electron chi connectivity index (χ3n) is 3.41. The lowest BCUT2D eigenvalue weighted by Crippen LogP contribution is -2.41. The van der Waals surface area contributed by atoms with Gasteiger partial charge in [0.25, 0.3) is 0 Å². The van der Waals surface area contributed by atoms with E-state index in [0.29, 0.717) is 44.1 Å². The summed E-state index contributed by atoms with van der Waals surface area (Å²) in [4.78, 5) is 25.2. The number of carbonyl (C=O) groups excluding carboxylic acids is 2. The van der Waals surface area contributed by atoms with E-state index in [2.05, 4.69) is 6.92 Å². The molecule has 0 aliphatic carbocycles. The van der Waals surface area contributed by atoms with Gasteiger partial charge in [0.15, 0.2) is 0 Å². The molecule has 1 saturated heterocycles. The molecule has 0 bridgehead atoms. The molecule has 1 atom stereocenters. The first kappa shape index (κ1) is 16.3. The lowest BCUT2D eigenvalue weighted by Gasteiger charge is -2.30. The average molecular weight is 288 g/mol. The van der Waals surface area contributed by atoms with Gasteiger partial charge in [-0.3, -0.25) is 9.59 Å². The number of carbonyl (C=O) groups is 2. The molecule has 1 unspecified atom stereocenters. The van der Waals surface area contributed by atoms with E-state index >= 15 is 0 Å². The van der Waals surface area contributed by atoms with E-state index < -0.39 is 0 Å². The van der Waals surface area contributed by atoms with Gasteiger partial charge < -0.3 is 15.4 Å². The maximum absolute atomic E-state index is 12.0. The normalized spacial score (nSPS) is 18.2. The SMILES string of the molecule is COC(=O)C1CCN(C(=O)CSCC(C)CN)CC1. The molecule has 0 aromatic rings. The number of piperidine rings is 1. The van der Waals surface area contributed by atoms with E-state index in [0.717, 1.165) is 5.75 Å². The average Bonchev–Trinajstić information content (AvgIpc) is 2.46. The zero-order valence-electron chi connectivity index (χ0n) is 11.8. The van der Waals surface area contributed by atoms with Gasteiger partial charge in [-0.15, -0.1) is 0 Å². The van der Waals surface area contributed by atoms with Crippen LogP contribution >= 0.6 is 11.8 Å². The van der Waals surface area contributed by atoms with Crippen LogP contribution in [0.2, 0.25) is 0 Å². The Balaban J connectivity index is 2.23. The minimum absolute atomic E-state index is 0.0426. The Kier molecular flexibility index (Phi) is 7.23. The lowest BCUT2D eigenvalue weighted by molar-refractivity contribution is -0.148. The highest BCUT2D eigenvalue weighted by atomic mass is 32.2. The van der Waals surface area contributed by atoms with Crippen LogP contribution in [0, 0.1) is 11.8 Å². The Morgan fingerprint density at radius 1 is 1.42 bits per heavy atom. The highest BCUT2D eigenvalue weighted by Crippen LogP contribution is 2.19. The standard InChI is InChI=1S/C13H24N2O3S/c1-10(7-14)8-19-9-12(16)15-5-3-11(4-6-15)13(17)18-2/h10-11H,3-9,14H2,1-2H3. The molecule has 1 aliphatic heterocycles.